The van der Waals surface area contributed by atoms with E-state index in [0.717, 1.165) is 31.3 Å². The maximum absolute atomic E-state index is 15.1. The van der Waals surface area contributed by atoms with Gasteiger partial charge in [0.25, 0.3) is 0 Å². The Morgan fingerprint density at radius 3 is 2.35 bits per heavy atom. The van der Waals surface area contributed by atoms with Crippen LogP contribution in [0.4, 0.5) is 33.7 Å². The number of amides is 2. The molecule has 0 radical (unpaired) electrons. The number of aryl methyl sites for hydroxylation is 1. The van der Waals surface area contributed by atoms with Gasteiger partial charge in [0.1, 0.15) is 18.2 Å². The number of aliphatic hydroxyl groups is 1. The number of aliphatic hydroxyl groups excluding tert-OH is 1. The molecule has 0 bridgehead atoms. The molecule has 3 heterocycles. The zero-order valence-electron chi connectivity index (χ0n) is 28.6. The average molecular weight is 710 g/mol. The number of carbonyl (C=O) groups is 1. The van der Waals surface area contributed by atoms with E-state index in [2.05, 4.69) is 30.5 Å². The maximum atomic E-state index is 15.1. The van der Waals surface area contributed by atoms with E-state index in [1.807, 2.05) is 42.2 Å². The zero-order valence-corrected chi connectivity index (χ0v) is 28.6. The van der Waals surface area contributed by atoms with Crippen molar-refractivity contribution < 1.29 is 36.9 Å². The molecular formula is C35H40BF4N7O4. The Hall–Kier alpha value is -4.64. The minimum atomic E-state index is -4.76. The Kier molecular flexibility index (Phi) is 12.6. The van der Waals surface area contributed by atoms with Crippen molar-refractivity contribution in [3.05, 3.63) is 89.1 Å². The first-order chi connectivity index (χ1) is 24.5. The van der Waals surface area contributed by atoms with E-state index in [0.29, 0.717) is 48.1 Å². The summed E-state index contributed by atoms with van der Waals surface area (Å²) in [6.07, 6.45) is -1.35. The summed E-state index contributed by atoms with van der Waals surface area (Å²) in [5.41, 5.74) is 0.690. The van der Waals surface area contributed by atoms with Crippen LogP contribution in [0.25, 0.3) is 11.4 Å². The molecule has 0 saturated carbocycles. The van der Waals surface area contributed by atoms with E-state index in [9.17, 15) is 23.1 Å². The van der Waals surface area contributed by atoms with Crippen molar-refractivity contribution in [3.8, 4) is 17.1 Å². The van der Waals surface area contributed by atoms with Crippen LogP contribution in [0.2, 0.25) is 0 Å². The molecule has 0 atom stereocenters. The molecule has 4 aromatic rings. The van der Waals surface area contributed by atoms with E-state index < -0.39 is 36.2 Å². The van der Waals surface area contributed by atoms with Gasteiger partial charge in [0, 0.05) is 51.6 Å². The molecule has 11 nitrogen and oxygen atoms in total. The van der Waals surface area contributed by atoms with Crippen LogP contribution in [0.5, 0.6) is 5.75 Å². The summed E-state index contributed by atoms with van der Waals surface area (Å²) in [4.78, 5) is 30.3. The van der Waals surface area contributed by atoms with Crippen LogP contribution in [0.1, 0.15) is 29.3 Å². The number of halogens is 4. The molecule has 1 aliphatic rings. The van der Waals surface area contributed by atoms with Crippen molar-refractivity contribution in [1.82, 2.24) is 24.8 Å². The highest BCUT2D eigenvalue weighted by atomic mass is 19.4. The molecule has 2 aromatic carbocycles. The van der Waals surface area contributed by atoms with E-state index in [-0.39, 0.29) is 36.8 Å². The lowest BCUT2D eigenvalue weighted by atomic mass is 9.59. The standard InChI is InChI=1S/C35H40BF4N7O4/c1-4-46-10-12-47(13-11-46)22-26-16-28(37)29(18-27(26)35(38,39)40)44-34(49)45-30-21-42-33(43-23(30)2)25-17-31(51-15-14-48)32(41-20-25)36(50-3)19-24-8-6-5-7-9-24/h5-9,16-18,20-21,48H,4,10-15,19,22H2,1-3H3,(H2,44,45,49). The van der Waals surface area contributed by atoms with E-state index in [1.165, 1.54) is 6.20 Å². The van der Waals surface area contributed by atoms with E-state index in [1.54, 1.807) is 26.3 Å². The Bertz CT molecular complexity index is 1790. The van der Waals surface area contributed by atoms with Crippen molar-refractivity contribution in [2.45, 2.75) is 32.9 Å². The Morgan fingerprint density at radius 2 is 1.71 bits per heavy atom. The van der Waals surface area contributed by atoms with Gasteiger partial charge in [-0.3, -0.25) is 9.88 Å². The normalized spacial score (nSPS) is 14.0. The van der Waals surface area contributed by atoms with Crippen molar-refractivity contribution in [2.24, 2.45) is 0 Å². The van der Waals surface area contributed by atoms with Crippen molar-refractivity contribution in [2.75, 3.05) is 63.7 Å². The molecule has 270 valence electrons. The van der Waals surface area contributed by atoms with Crippen molar-refractivity contribution >= 4 is 29.9 Å². The number of aromatic nitrogens is 3. The smallest absolute Gasteiger partial charge is 0.416 e. The minimum absolute atomic E-state index is 0.0158. The number of alkyl halides is 3. The van der Waals surface area contributed by atoms with E-state index in [4.69, 9.17) is 9.39 Å². The third-order valence-corrected chi connectivity index (χ3v) is 8.62. The SMILES string of the molecule is CCN1CCN(Cc2cc(F)c(NC(=O)Nc3cnc(-c4cnc(B(Cc5ccccc5)OC)c(OCCO)c4)nc3C)cc2C(F)(F)F)CC1. The monoisotopic (exact) mass is 709 g/mol. The van der Waals surface area contributed by atoms with Gasteiger partial charge in [0.15, 0.2) is 5.82 Å². The van der Waals surface area contributed by atoms with E-state index >= 15 is 4.39 Å². The number of hydrogen-bond donors (Lipinski definition) is 3. The number of piperazine rings is 1. The molecule has 51 heavy (non-hydrogen) atoms. The maximum Gasteiger partial charge on any atom is 0.416 e. The number of pyridine rings is 1. The van der Waals surface area contributed by atoms with Crippen molar-refractivity contribution in [3.63, 3.8) is 0 Å². The highest BCUT2D eigenvalue weighted by Crippen LogP contribution is 2.36. The number of rotatable bonds is 13. The molecule has 16 heteroatoms. The van der Waals surface area contributed by atoms with Crippen LogP contribution in [-0.2, 0) is 23.7 Å². The Morgan fingerprint density at radius 1 is 1.00 bits per heavy atom. The van der Waals surface area contributed by atoms with Gasteiger partial charge in [-0.05, 0) is 43.6 Å². The summed E-state index contributed by atoms with van der Waals surface area (Å²) in [5, 5.41) is 14.1. The quantitative estimate of drug-likeness (QED) is 0.133. The first kappa shape index (κ1) is 37.6. The topological polar surface area (TPSA) is 125 Å². The molecule has 2 amide bonds. The lowest BCUT2D eigenvalue weighted by molar-refractivity contribution is -0.138. The second-order valence-corrected chi connectivity index (χ2v) is 12.1. The highest BCUT2D eigenvalue weighted by molar-refractivity contribution is 6.66. The van der Waals surface area contributed by atoms with Crippen molar-refractivity contribution in [1.29, 1.82) is 0 Å². The summed E-state index contributed by atoms with van der Waals surface area (Å²) in [6, 6.07) is 11.9. The van der Waals surface area contributed by atoms with Gasteiger partial charge in [-0.2, -0.15) is 13.2 Å². The zero-order chi connectivity index (χ0) is 36.5. The third kappa shape index (κ3) is 9.79. The predicted octanol–water partition coefficient (Wildman–Crippen LogP) is 4.78. The molecule has 3 N–H and O–H groups in total. The number of anilines is 2. The summed E-state index contributed by atoms with van der Waals surface area (Å²) in [5.74, 6) is -0.369. The first-order valence-electron chi connectivity index (χ1n) is 16.6. The molecular weight excluding hydrogens is 669 g/mol. The van der Waals surface area contributed by atoms with Gasteiger partial charge in [-0.15, -0.1) is 0 Å². The van der Waals surface area contributed by atoms with Gasteiger partial charge < -0.3 is 30.0 Å². The number of urea groups is 1. The average Bonchev–Trinajstić information content (AvgIpc) is 3.12. The molecule has 1 fully saturated rings. The van der Waals surface area contributed by atoms with Crippen LogP contribution >= 0.6 is 0 Å². The van der Waals surface area contributed by atoms with Crippen LogP contribution in [0, 0.1) is 12.7 Å². The minimum Gasteiger partial charge on any atom is -0.490 e. The number of nitrogens with zero attached hydrogens (tertiary/aromatic N) is 5. The first-order valence-corrected chi connectivity index (χ1v) is 16.6. The molecule has 1 aliphatic heterocycles. The summed E-state index contributed by atoms with van der Waals surface area (Å²) >= 11 is 0. The third-order valence-electron chi connectivity index (χ3n) is 8.62. The van der Waals surface area contributed by atoms with Gasteiger partial charge in [0.05, 0.1) is 41.0 Å². The lowest BCUT2D eigenvalue weighted by Crippen LogP contribution is -2.45. The Balaban J connectivity index is 1.30. The fraction of sp³-hybridized carbons (Fsp3) is 0.371. The fourth-order valence-electron chi connectivity index (χ4n) is 5.82. The highest BCUT2D eigenvalue weighted by Gasteiger charge is 2.35. The molecule has 2 aromatic heterocycles. The van der Waals surface area contributed by atoms with Gasteiger partial charge >= 0.3 is 19.1 Å². The number of hydrogen-bond acceptors (Lipinski definition) is 9. The Labute approximate surface area is 294 Å². The molecule has 0 spiro atoms. The largest absolute Gasteiger partial charge is 0.490 e. The lowest BCUT2D eigenvalue weighted by Gasteiger charge is -2.34. The summed E-state index contributed by atoms with van der Waals surface area (Å²) in [6.45, 7) is 6.34. The number of ether oxygens (including phenoxy) is 1. The van der Waals surface area contributed by atoms with Crippen LogP contribution in [0.15, 0.2) is 60.9 Å². The van der Waals surface area contributed by atoms with Gasteiger partial charge in [0.2, 0.25) is 0 Å². The summed E-state index contributed by atoms with van der Waals surface area (Å²) < 4.78 is 68.9. The second-order valence-electron chi connectivity index (χ2n) is 12.1. The molecule has 1 saturated heterocycles. The summed E-state index contributed by atoms with van der Waals surface area (Å²) in [7, 11) is 1.57. The number of benzene rings is 2. The fourth-order valence-corrected chi connectivity index (χ4v) is 5.82. The van der Waals surface area contributed by atoms with Gasteiger partial charge in [-0.1, -0.05) is 42.8 Å². The van der Waals surface area contributed by atoms with Gasteiger partial charge in [-0.25, -0.2) is 19.2 Å². The predicted molar refractivity (Wildman–Crippen MR) is 187 cm³/mol. The molecule has 5 rings (SSSR count). The molecule has 0 unspecified atom stereocenters. The number of nitrogens with one attached hydrogen (secondary N) is 2. The molecule has 0 aliphatic carbocycles. The van der Waals surface area contributed by atoms with Crippen LogP contribution in [-0.4, -0.2) is 95.9 Å². The second kappa shape index (κ2) is 17.1. The number of likely N-dealkylation sites (N-methyl/N-ethyl adjacent to an activating group) is 1. The van der Waals surface area contributed by atoms with Crippen LogP contribution < -0.4 is 21.0 Å². The van der Waals surface area contributed by atoms with Crippen LogP contribution in [0.3, 0.4) is 0 Å². The number of carbonyl (C=O) groups excluding carboxylic acids is 1.